The molecule has 0 amide bonds. The van der Waals surface area contributed by atoms with Gasteiger partial charge < -0.3 is 10.2 Å². The zero-order valence-electron chi connectivity index (χ0n) is 9.46. The Balaban J connectivity index is 3.43. The maximum absolute atomic E-state index is 10.9. The molecule has 0 atom stereocenters. The van der Waals surface area contributed by atoms with Crippen LogP contribution in [-0.2, 0) is 5.60 Å². The van der Waals surface area contributed by atoms with E-state index in [-0.39, 0.29) is 5.56 Å². The van der Waals surface area contributed by atoms with Gasteiger partial charge in [0.15, 0.2) is 0 Å². The lowest BCUT2D eigenvalue weighted by Gasteiger charge is -2.21. The van der Waals surface area contributed by atoms with Gasteiger partial charge in [-0.3, -0.25) is 0 Å². The number of benzene rings is 1. The van der Waals surface area contributed by atoms with Crippen LogP contribution >= 0.6 is 0 Å². The van der Waals surface area contributed by atoms with Gasteiger partial charge in [-0.2, -0.15) is 0 Å². The molecule has 0 saturated heterocycles. The largest absolute Gasteiger partial charge is 0.478 e. The Hall–Kier alpha value is -1.35. The lowest BCUT2D eigenvalue weighted by Crippen LogP contribution is -2.18. The first-order chi connectivity index (χ1) is 6.73. The number of aryl methyl sites for hydroxylation is 2. The third kappa shape index (κ3) is 2.36. The second-order valence-corrected chi connectivity index (χ2v) is 4.35. The predicted molar refractivity (Wildman–Crippen MR) is 58.1 cm³/mol. The molecule has 0 heterocycles. The van der Waals surface area contributed by atoms with Crippen molar-refractivity contribution in [2.24, 2.45) is 0 Å². The number of hydrogen-bond donors (Lipinski definition) is 2. The zero-order chi connectivity index (χ0) is 11.8. The lowest BCUT2D eigenvalue weighted by atomic mass is 9.90. The Kier molecular flexibility index (Phi) is 2.86. The van der Waals surface area contributed by atoms with Gasteiger partial charge in [0.1, 0.15) is 0 Å². The molecular formula is C12H16O3. The van der Waals surface area contributed by atoms with Crippen molar-refractivity contribution in [2.75, 3.05) is 0 Å². The molecule has 15 heavy (non-hydrogen) atoms. The summed E-state index contributed by atoms with van der Waals surface area (Å²) in [6.45, 7) is 6.92. The van der Waals surface area contributed by atoms with Gasteiger partial charge in [0.05, 0.1) is 11.2 Å². The number of hydrogen-bond acceptors (Lipinski definition) is 2. The maximum Gasteiger partial charge on any atom is 0.335 e. The van der Waals surface area contributed by atoms with Crippen LogP contribution in [0, 0.1) is 13.8 Å². The van der Waals surface area contributed by atoms with Crippen LogP contribution in [0.2, 0.25) is 0 Å². The summed E-state index contributed by atoms with van der Waals surface area (Å²) in [7, 11) is 0. The standard InChI is InChI=1S/C12H16O3/c1-7-5-8(2)10(12(3,4)15)6-9(7)11(13)14/h5-6,15H,1-4H3,(H,13,14). The average molecular weight is 208 g/mol. The fourth-order valence-corrected chi connectivity index (χ4v) is 1.74. The third-order valence-electron chi connectivity index (χ3n) is 2.46. The third-order valence-corrected chi connectivity index (χ3v) is 2.46. The summed E-state index contributed by atoms with van der Waals surface area (Å²) in [5, 5.41) is 18.8. The van der Waals surface area contributed by atoms with E-state index in [0.29, 0.717) is 11.1 Å². The second-order valence-electron chi connectivity index (χ2n) is 4.35. The highest BCUT2D eigenvalue weighted by atomic mass is 16.4. The quantitative estimate of drug-likeness (QED) is 0.783. The summed E-state index contributed by atoms with van der Waals surface area (Å²) in [4.78, 5) is 10.9. The van der Waals surface area contributed by atoms with E-state index >= 15 is 0 Å². The van der Waals surface area contributed by atoms with Crippen molar-refractivity contribution in [1.82, 2.24) is 0 Å². The van der Waals surface area contributed by atoms with E-state index in [1.165, 1.54) is 0 Å². The van der Waals surface area contributed by atoms with Gasteiger partial charge in [-0.15, -0.1) is 0 Å². The molecule has 0 aliphatic carbocycles. The van der Waals surface area contributed by atoms with Gasteiger partial charge >= 0.3 is 5.97 Å². The Labute approximate surface area is 89.4 Å². The summed E-state index contributed by atoms with van der Waals surface area (Å²) in [5.74, 6) is -0.960. The highest BCUT2D eigenvalue weighted by molar-refractivity contribution is 5.89. The van der Waals surface area contributed by atoms with Crippen LogP contribution < -0.4 is 0 Å². The molecule has 3 nitrogen and oxygen atoms in total. The molecule has 0 unspecified atom stereocenters. The van der Waals surface area contributed by atoms with Crippen LogP contribution in [0.25, 0.3) is 0 Å². The number of rotatable bonds is 2. The van der Waals surface area contributed by atoms with Crippen molar-refractivity contribution in [3.63, 3.8) is 0 Å². The van der Waals surface area contributed by atoms with E-state index in [1.807, 2.05) is 6.92 Å². The Bertz CT molecular complexity index is 400. The number of carbonyl (C=O) groups is 1. The van der Waals surface area contributed by atoms with Crippen LogP contribution in [0.1, 0.15) is 40.9 Å². The van der Waals surface area contributed by atoms with Crippen LogP contribution in [0.5, 0.6) is 0 Å². The number of carboxylic acid groups (broad SMARTS) is 1. The molecule has 0 aromatic heterocycles. The summed E-state index contributed by atoms with van der Waals surface area (Å²) < 4.78 is 0. The van der Waals surface area contributed by atoms with E-state index in [4.69, 9.17) is 5.11 Å². The number of aliphatic hydroxyl groups is 1. The predicted octanol–water partition coefficient (Wildman–Crippen LogP) is 2.23. The highest BCUT2D eigenvalue weighted by Gasteiger charge is 2.21. The lowest BCUT2D eigenvalue weighted by molar-refractivity contribution is 0.0692. The Morgan fingerprint density at radius 3 is 2.13 bits per heavy atom. The minimum absolute atomic E-state index is 0.248. The van der Waals surface area contributed by atoms with E-state index in [9.17, 15) is 9.90 Å². The molecule has 0 saturated carbocycles. The fraction of sp³-hybridized carbons (Fsp3) is 0.417. The monoisotopic (exact) mass is 208 g/mol. The second kappa shape index (κ2) is 3.66. The number of aromatic carboxylic acids is 1. The van der Waals surface area contributed by atoms with Gasteiger partial charge in [-0.1, -0.05) is 6.07 Å². The molecule has 1 aromatic rings. The molecule has 0 fully saturated rings. The van der Waals surface area contributed by atoms with Crippen LogP contribution in [0.3, 0.4) is 0 Å². The van der Waals surface area contributed by atoms with Crippen molar-refractivity contribution in [3.8, 4) is 0 Å². The smallest absolute Gasteiger partial charge is 0.335 e. The first kappa shape index (κ1) is 11.7. The molecule has 82 valence electrons. The Morgan fingerprint density at radius 1 is 1.20 bits per heavy atom. The molecular weight excluding hydrogens is 192 g/mol. The molecule has 0 aliphatic rings. The highest BCUT2D eigenvalue weighted by Crippen LogP contribution is 2.26. The van der Waals surface area contributed by atoms with Crippen molar-refractivity contribution < 1.29 is 15.0 Å². The molecule has 0 aliphatic heterocycles. The molecule has 0 radical (unpaired) electrons. The first-order valence-corrected chi connectivity index (χ1v) is 4.81. The van der Waals surface area contributed by atoms with Gasteiger partial charge in [0, 0.05) is 0 Å². The van der Waals surface area contributed by atoms with Gasteiger partial charge in [-0.05, 0) is 50.5 Å². The fourth-order valence-electron chi connectivity index (χ4n) is 1.74. The van der Waals surface area contributed by atoms with Gasteiger partial charge in [0.25, 0.3) is 0 Å². The summed E-state index contributed by atoms with van der Waals surface area (Å²) >= 11 is 0. The van der Waals surface area contributed by atoms with E-state index < -0.39 is 11.6 Å². The van der Waals surface area contributed by atoms with Crippen molar-refractivity contribution >= 4 is 5.97 Å². The number of carboxylic acids is 1. The first-order valence-electron chi connectivity index (χ1n) is 4.81. The van der Waals surface area contributed by atoms with Gasteiger partial charge in [-0.25, -0.2) is 4.79 Å². The molecule has 1 rings (SSSR count). The molecule has 0 bridgehead atoms. The van der Waals surface area contributed by atoms with E-state index in [1.54, 1.807) is 32.9 Å². The van der Waals surface area contributed by atoms with Crippen LogP contribution in [0.15, 0.2) is 12.1 Å². The van der Waals surface area contributed by atoms with Gasteiger partial charge in [0.2, 0.25) is 0 Å². The van der Waals surface area contributed by atoms with E-state index in [0.717, 1.165) is 5.56 Å². The van der Waals surface area contributed by atoms with Crippen molar-refractivity contribution in [2.45, 2.75) is 33.3 Å². The maximum atomic E-state index is 10.9. The molecule has 1 aromatic carbocycles. The SMILES string of the molecule is Cc1cc(C)c(C(C)(C)O)cc1C(=O)O. The minimum atomic E-state index is -1.01. The average Bonchev–Trinajstić information content (AvgIpc) is 2.00. The van der Waals surface area contributed by atoms with Crippen LogP contribution in [0.4, 0.5) is 0 Å². The zero-order valence-corrected chi connectivity index (χ0v) is 9.46. The van der Waals surface area contributed by atoms with E-state index in [2.05, 4.69) is 0 Å². The normalized spacial score (nSPS) is 11.5. The van der Waals surface area contributed by atoms with Crippen LogP contribution in [-0.4, -0.2) is 16.2 Å². The van der Waals surface area contributed by atoms with Crippen molar-refractivity contribution in [1.29, 1.82) is 0 Å². The summed E-state index contributed by atoms with van der Waals surface area (Å²) in [6.07, 6.45) is 0. The summed E-state index contributed by atoms with van der Waals surface area (Å²) in [5.41, 5.74) is 1.52. The topological polar surface area (TPSA) is 57.5 Å². The Morgan fingerprint density at radius 2 is 1.73 bits per heavy atom. The van der Waals surface area contributed by atoms with Crippen molar-refractivity contribution in [3.05, 3.63) is 34.4 Å². The summed E-state index contributed by atoms with van der Waals surface area (Å²) in [6, 6.07) is 3.34. The molecule has 0 spiro atoms. The molecule has 2 N–H and O–H groups in total. The molecule has 3 heteroatoms. The minimum Gasteiger partial charge on any atom is -0.478 e.